The lowest BCUT2D eigenvalue weighted by atomic mass is 9.68. The van der Waals surface area contributed by atoms with Crippen molar-refractivity contribution in [3.05, 3.63) is 71.0 Å². The molecule has 0 aliphatic heterocycles. The number of hydrogen-bond acceptors (Lipinski definition) is 3. The van der Waals surface area contributed by atoms with Crippen LogP contribution >= 0.6 is 0 Å². The Morgan fingerprint density at radius 1 is 0.778 bits per heavy atom. The maximum atomic E-state index is 15.0. The van der Waals surface area contributed by atoms with Gasteiger partial charge in [-0.25, -0.2) is 13.6 Å². The standard InChI is InChI=1S/C29H32F4O3/c1-3-16-35-23-14-15-24(28(33)27(23)32)36-29(34)22-13-12-21(25(30)26(22)31)20-10-8-19(9-11-20)18-6-4-17(2)5-7-18/h3,12-20H,4-11H2,1-2H3/b16-3+. The molecular weight excluding hydrogens is 472 g/mol. The molecule has 36 heavy (non-hydrogen) atoms. The van der Waals surface area contributed by atoms with Crippen molar-refractivity contribution in [1.29, 1.82) is 0 Å². The second-order valence-corrected chi connectivity index (χ2v) is 10.1. The van der Waals surface area contributed by atoms with E-state index in [4.69, 9.17) is 9.47 Å². The fourth-order valence-electron chi connectivity index (χ4n) is 5.68. The first-order chi connectivity index (χ1) is 17.3. The van der Waals surface area contributed by atoms with Gasteiger partial charge in [-0.15, -0.1) is 0 Å². The quantitative estimate of drug-likeness (QED) is 0.171. The summed E-state index contributed by atoms with van der Waals surface area (Å²) in [5.41, 5.74) is -0.419. The molecule has 0 aromatic heterocycles. The van der Waals surface area contributed by atoms with Crippen molar-refractivity contribution >= 4 is 5.97 Å². The predicted molar refractivity (Wildman–Crippen MR) is 129 cm³/mol. The summed E-state index contributed by atoms with van der Waals surface area (Å²) in [7, 11) is 0. The van der Waals surface area contributed by atoms with Crippen molar-refractivity contribution in [2.24, 2.45) is 17.8 Å². The van der Waals surface area contributed by atoms with Crippen LogP contribution in [0, 0.1) is 41.0 Å². The molecule has 0 spiro atoms. The highest BCUT2D eigenvalue weighted by atomic mass is 19.2. The molecule has 2 aromatic rings. The molecular formula is C29H32F4O3. The van der Waals surface area contributed by atoms with Gasteiger partial charge in [0.25, 0.3) is 0 Å². The Kier molecular flexibility index (Phi) is 8.37. The van der Waals surface area contributed by atoms with Crippen molar-refractivity contribution in [2.45, 2.75) is 71.1 Å². The Balaban J connectivity index is 1.42. The van der Waals surface area contributed by atoms with E-state index < -0.39 is 46.3 Å². The number of hydrogen-bond donors (Lipinski definition) is 0. The maximum absolute atomic E-state index is 15.0. The Bertz CT molecular complexity index is 1110. The minimum absolute atomic E-state index is 0.111. The van der Waals surface area contributed by atoms with Gasteiger partial charge < -0.3 is 9.47 Å². The summed E-state index contributed by atoms with van der Waals surface area (Å²) in [5.74, 6) is -5.65. The predicted octanol–water partition coefficient (Wildman–Crippen LogP) is 8.47. The highest BCUT2D eigenvalue weighted by molar-refractivity contribution is 5.91. The van der Waals surface area contributed by atoms with E-state index in [0.29, 0.717) is 5.92 Å². The summed E-state index contributed by atoms with van der Waals surface area (Å²) in [4.78, 5) is 12.5. The zero-order valence-electron chi connectivity index (χ0n) is 20.7. The van der Waals surface area contributed by atoms with Crippen LogP contribution in [0.15, 0.2) is 36.6 Å². The summed E-state index contributed by atoms with van der Waals surface area (Å²) in [5, 5.41) is 0. The molecule has 4 rings (SSSR count). The molecule has 0 N–H and O–H groups in total. The van der Waals surface area contributed by atoms with Crippen LogP contribution < -0.4 is 9.47 Å². The van der Waals surface area contributed by atoms with Gasteiger partial charge >= 0.3 is 5.97 Å². The largest absolute Gasteiger partial charge is 0.462 e. The molecule has 0 atom stereocenters. The van der Waals surface area contributed by atoms with Gasteiger partial charge in [0.15, 0.2) is 23.1 Å². The van der Waals surface area contributed by atoms with Crippen molar-refractivity contribution in [3.63, 3.8) is 0 Å². The molecule has 0 bridgehead atoms. The molecule has 0 amide bonds. The zero-order valence-corrected chi connectivity index (χ0v) is 20.7. The number of halogens is 4. The van der Waals surface area contributed by atoms with Gasteiger partial charge in [-0.3, -0.25) is 0 Å². The molecule has 7 heteroatoms. The monoisotopic (exact) mass is 504 g/mol. The second-order valence-electron chi connectivity index (χ2n) is 10.1. The number of allylic oxidation sites excluding steroid dienone is 1. The highest BCUT2D eigenvalue weighted by Gasteiger charge is 2.32. The molecule has 2 fully saturated rings. The Hall–Kier alpha value is -2.83. The summed E-state index contributed by atoms with van der Waals surface area (Å²) in [6.07, 6.45) is 11.2. The highest BCUT2D eigenvalue weighted by Crippen LogP contribution is 2.44. The molecule has 3 nitrogen and oxygen atoms in total. The summed E-state index contributed by atoms with van der Waals surface area (Å²) in [6, 6.07) is 4.63. The minimum atomic E-state index is -1.47. The number of rotatable bonds is 6. The van der Waals surface area contributed by atoms with E-state index in [9.17, 15) is 18.0 Å². The second kappa shape index (κ2) is 11.5. The fourth-order valence-corrected chi connectivity index (χ4v) is 5.68. The van der Waals surface area contributed by atoms with Crippen LogP contribution in [0.5, 0.6) is 11.5 Å². The van der Waals surface area contributed by atoms with Crippen molar-refractivity contribution < 1.29 is 31.8 Å². The van der Waals surface area contributed by atoms with Crippen molar-refractivity contribution in [3.8, 4) is 11.5 Å². The van der Waals surface area contributed by atoms with E-state index in [1.807, 2.05) is 0 Å². The molecule has 2 saturated carbocycles. The smallest absolute Gasteiger partial charge is 0.346 e. The van der Waals surface area contributed by atoms with Crippen LogP contribution in [0.25, 0.3) is 0 Å². The number of carbonyl (C=O) groups is 1. The summed E-state index contributed by atoms with van der Waals surface area (Å²) >= 11 is 0. The minimum Gasteiger partial charge on any atom is -0.462 e. The lowest BCUT2D eigenvalue weighted by Gasteiger charge is -2.37. The van der Waals surface area contributed by atoms with Crippen LogP contribution in [-0.4, -0.2) is 5.97 Å². The van der Waals surface area contributed by atoms with Crippen LogP contribution in [0.1, 0.15) is 87.1 Å². The van der Waals surface area contributed by atoms with E-state index in [1.165, 1.54) is 37.8 Å². The van der Waals surface area contributed by atoms with Gasteiger partial charge in [0, 0.05) is 0 Å². The molecule has 2 aliphatic carbocycles. The molecule has 0 saturated heterocycles. The molecule has 0 unspecified atom stereocenters. The fraction of sp³-hybridized carbons (Fsp3) is 0.483. The topological polar surface area (TPSA) is 35.5 Å². The van der Waals surface area contributed by atoms with Gasteiger partial charge in [0.2, 0.25) is 11.6 Å². The van der Waals surface area contributed by atoms with Gasteiger partial charge in [-0.1, -0.05) is 31.9 Å². The molecule has 194 valence electrons. The van der Waals surface area contributed by atoms with Gasteiger partial charge in [0.1, 0.15) is 0 Å². The summed E-state index contributed by atoms with van der Waals surface area (Å²) < 4.78 is 68.1. The van der Waals surface area contributed by atoms with Gasteiger partial charge in [-0.05, 0) is 92.9 Å². The maximum Gasteiger partial charge on any atom is 0.346 e. The third-order valence-corrected chi connectivity index (χ3v) is 7.82. The van der Waals surface area contributed by atoms with E-state index in [2.05, 4.69) is 6.92 Å². The molecule has 0 heterocycles. The van der Waals surface area contributed by atoms with E-state index in [-0.39, 0.29) is 11.5 Å². The number of esters is 1. The Labute approximate surface area is 209 Å². The molecule has 0 radical (unpaired) electrons. The van der Waals surface area contributed by atoms with Crippen LogP contribution in [-0.2, 0) is 0 Å². The van der Waals surface area contributed by atoms with Gasteiger partial charge in [0.05, 0.1) is 11.8 Å². The normalized spacial score (nSPS) is 24.6. The first kappa shape index (κ1) is 26.2. The number of ether oxygens (including phenoxy) is 2. The van der Waals surface area contributed by atoms with Crippen LogP contribution in [0.2, 0.25) is 0 Å². The Morgan fingerprint density at radius 2 is 1.36 bits per heavy atom. The average molecular weight is 505 g/mol. The van der Waals surface area contributed by atoms with Crippen molar-refractivity contribution in [1.82, 2.24) is 0 Å². The van der Waals surface area contributed by atoms with Gasteiger partial charge in [-0.2, -0.15) is 8.78 Å². The molecule has 2 aromatic carbocycles. The van der Waals surface area contributed by atoms with E-state index in [0.717, 1.165) is 62.0 Å². The lowest BCUT2D eigenvalue weighted by Crippen LogP contribution is -2.25. The third-order valence-electron chi connectivity index (χ3n) is 7.82. The SMILES string of the molecule is C/C=C/Oc1ccc(OC(=O)c2ccc(C3CCC(C4CCC(C)CC4)CC3)c(F)c2F)c(F)c1F. The lowest BCUT2D eigenvalue weighted by molar-refractivity contribution is 0.0720. The Morgan fingerprint density at radius 3 is 2.00 bits per heavy atom. The summed E-state index contributed by atoms with van der Waals surface area (Å²) in [6.45, 7) is 3.93. The van der Waals surface area contributed by atoms with Crippen molar-refractivity contribution in [2.75, 3.05) is 0 Å². The van der Waals surface area contributed by atoms with E-state index in [1.54, 1.807) is 6.92 Å². The van der Waals surface area contributed by atoms with E-state index >= 15 is 4.39 Å². The number of benzene rings is 2. The first-order valence-electron chi connectivity index (χ1n) is 12.8. The first-order valence-corrected chi connectivity index (χ1v) is 12.8. The number of carbonyl (C=O) groups excluding carboxylic acids is 1. The van der Waals surface area contributed by atoms with Crippen LogP contribution in [0.4, 0.5) is 17.6 Å². The molecule has 2 aliphatic rings. The van der Waals surface area contributed by atoms with Crippen LogP contribution in [0.3, 0.4) is 0 Å². The average Bonchev–Trinajstić information content (AvgIpc) is 2.88. The zero-order chi connectivity index (χ0) is 25.8. The third kappa shape index (κ3) is 5.60.